The molecule has 1 aromatic heterocycles. The van der Waals surface area contributed by atoms with Gasteiger partial charge in [0.05, 0.1) is 17.5 Å². The van der Waals surface area contributed by atoms with E-state index in [0.717, 1.165) is 48.6 Å². The number of hydrogen-bond donors (Lipinski definition) is 2. The van der Waals surface area contributed by atoms with E-state index in [-0.39, 0.29) is 5.91 Å². The van der Waals surface area contributed by atoms with Gasteiger partial charge in [0.25, 0.3) is 0 Å². The molecule has 0 radical (unpaired) electrons. The third kappa shape index (κ3) is 4.35. The molecule has 0 unspecified atom stereocenters. The van der Waals surface area contributed by atoms with Gasteiger partial charge in [-0.2, -0.15) is 0 Å². The van der Waals surface area contributed by atoms with Crippen molar-refractivity contribution in [2.24, 2.45) is 11.8 Å². The minimum atomic E-state index is 0.105. The van der Waals surface area contributed by atoms with E-state index in [4.69, 9.17) is 0 Å². The molecule has 1 saturated heterocycles. The molecular weight excluding hydrogens is 300 g/mol. The Bertz CT molecular complexity index is 706. The topological polar surface area (TPSA) is 61.0 Å². The molecule has 130 valence electrons. The molecule has 1 amide bonds. The van der Waals surface area contributed by atoms with Crippen molar-refractivity contribution in [2.45, 2.75) is 33.6 Å². The lowest BCUT2D eigenvalue weighted by Gasteiger charge is -2.18. The average Bonchev–Trinajstić information content (AvgIpc) is 3.09. The molecule has 3 rings (SSSR count). The van der Waals surface area contributed by atoms with Gasteiger partial charge in [-0.05, 0) is 49.4 Å². The van der Waals surface area contributed by atoms with E-state index in [2.05, 4.69) is 34.0 Å². The Labute approximate surface area is 143 Å². The van der Waals surface area contributed by atoms with E-state index in [0.29, 0.717) is 18.3 Å². The molecule has 2 N–H and O–H groups in total. The van der Waals surface area contributed by atoms with Gasteiger partial charge in [0.2, 0.25) is 5.91 Å². The number of rotatable bonds is 6. The number of hydrogen-bond acceptors (Lipinski definition) is 3. The van der Waals surface area contributed by atoms with Crippen molar-refractivity contribution >= 4 is 16.9 Å². The Kier molecular flexibility index (Phi) is 5.19. The zero-order chi connectivity index (χ0) is 17.1. The summed E-state index contributed by atoms with van der Waals surface area (Å²) < 4.78 is 0. The van der Waals surface area contributed by atoms with Crippen molar-refractivity contribution in [1.82, 2.24) is 20.2 Å². The van der Waals surface area contributed by atoms with Gasteiger partial charge in [-0.1, -0.05) is 19.9 Å². The van der Waals surface area contributed by atoms with Crippen LogP contribution >= 0.6 is 0 Å². The highest BCUT2D eigenvalue weighted by molar-refractivity contribution is 5.81. The number of benzene rings is 1. The summed E-state index contributed by atoms with van der Waals surface area (Å²) in [7, 11) is 0. The Balaban J connectivity index is 1.47. The van der Waals surface area contributed by atoms with Crippen LogP contribution in [0.25, 0.3) is 11.0 Å². The van der Waals surface area contributed by atoms with Crippen molar-refractivity contribution in [3.63, 3.8) is 0 Å². The van der Waals surface area contributed by atoms with E-state index >= 15 is 0 Å². The van der Waals surface area contributed by atoms with Crippen LogP contribution in [0.15, 0.2) is 18.2 Å². The van der Waals surface area contributed by atoms with E-state index in [9.17, 15) is 4.79 Å². The molecule has 5 nitrogen and oxygen atoms in total. The van der Waals surface area contributed by atoms with Gasteiger partial charge in [0.1, 0.15) is 5.82 Å². The first-order chi connectivity index (χ1) is 11.5. The highest BCUT2D eigenvalue weighted by Gasteiger charge is 2.23. The number of likely N-dealkylation sites (tertiary alicyclic amines) is 1. The third-order valence-electron chi connectivity index (χ3n) is 4.61. The maximum absolute atomic E-state index is 12.2. The van der Waals surface area contributed by atoms with E-state index < -0.39 is 0 Å². The van der Waals surface area contributed by atoms with Gasteiger partial charge in [0, 0.05) is 19.6 Å². The quantitative estimate of drug-likeness (QED) is 0.856. The highest BCUT2D eigenvalue weighted by Crippen LogP contribution is 2.17. The molecule has 1 aromatic carbocycles. The van der Waals surface area contributed by atoms with Crippen molar-refractivity contribution in [2.75, 3.05) is 26.2 Å². The van der Waals surface area contributed by atoms with Gasteiger partial charge in [-0.25, -0.2) is 4.98 Å². The highest BCUT2D eigenvalue weighted by atomic mass is 16.1. The van der Waals surface area contributed by atoms with Crippen molar-refractivity contribution in [3.05, 3.63) is 29.6 Å². The first-order valence-electron chi connectivity index (χ1n) is 8.94. The summed E-state index contributed by atoms with van der Waals surface area (Å²) >= 11 is 0. The summed E-state index contributed by atoms with van der Waals surface area (Å²) in [6, 6.07) is 5.99. The molecule has 0 bridgehead atoms. The fourth-order valence-electron chi connectivity index (χ4n) is 3.56. The SMILES string of the molecule is Cc1nc2ccc(CC(=O)NC[C@@H]3CCN(CC(C)C)C3)cc2[nH]1. The summed E-state index contributed by atoms with van der Waals surface area (Å²) in [4.78, 5) is 22.3. The maximum atomic E-state index is 12.2. The number of H-pyrrole nitrogens is 1. The summed E-state index contributed by atoms with van der Waals surface area (Å²) in [6.07, 6.45) is 1.61. The molecular formula is C19H28N4O. The lowest BCUT2D eigenvalue weighted by atomic mass is 10.1. The number of carbonyl (C=O) groups is 1. The zero-order valence-electron chi connectivity index (χ0n) is 14.9. The van der Waals surface area contributed by atoms with Gasteiger partial charge < -0.3 is 15.2 Å². The van der Waals surface area contributed by atoms with Crippen LogP contribution in [0.1, 0.15) is 31.7 Å². The number of imidazole rings is 1. The Morgan fingerprint density at radius 2 is 2.29 bits per heavy atom. The Morgan fingerprint density at radius 3 is 3.08 bits per heavy atom. The monoisotopic (exact) mass is 328 g/mol. The van der Waals surface area contributed by atoms with Crippen molar-refractivity contribution in [1.29, 1.82) is 0 Å². The maximum Gasteiger partial charge on any atom is 0.224 e. The van der Waals surface area contributed by atoms with Gasteiger partial charge in [-0.15, -0.1) is 0 Å². The largest absolute Gasteiger partial charge is 0.355 e. The van der Waals surface area contributed by atoms with Crippen LogP contribution in [0, 0.1) is 18.8 Å². The van der Waals surface area contributed by atoms with E-state index in [1.54, 1.807) is 0 Å². The lowest BCUT2D eigenvalue weighted by Crippen LogP contribution is -2.32. The zero-order valence-corrected chi connectivity index (χ0v) is 14.9. The molecule has 1 atom stereocenters. The fraction of sp³-hybridized carbons (Fsp3) is 0.579. The molecule has 1 aliphatic heterocycles. The molecule has 24 heavy (non-hydrogen) atoms. The summed E-state index contributed by atoms with van der Waals surface area (Å²) in [5.41, 5.74) is 2.97. The summed E-state index contributed by atoms with van der Waals surface area (Å²) in [6.45, 7) is 10.7. The van der Waals surface area contributed by atoms with Crippen LogP contribution in [0.2, 0.25) is 0 Å². The lowest BCUT2D eigenvalue weighted by molar-refractivity contribution is -0.120. The number of aryl methyl sites for hydroxylation is 1. The third-order valence-corrected chi connectivity index (χ3v) is 4.61. The number of nitrogens with zero attached hydrogens (tertiary/aromatic N) is 2. The van der Waals surface area contributed by atoms with Crippen LogP contribution in [-0.4, -0.2) is 47.0 Å². The number of aromatic nitrogens is 2. The molecule has 5 heteroatoms. The molecule has 0 saturated carbocycles. The number of amides is 1. The second kappa shape index (κ2) is 7.34. The molecule has 1 fully saturated rings. The van der Waals surface area contributed by atoms with Crippen LogP contribution in [0.3, 0.4) is 0 Å². The predicted molar refractivity (Wildman–Crippen MR) is 96.9 cm³/mol. The van der Waals surface area contributed by atoms with E-state index in [1.807, 2.05) is 25.1 Å². The average molecular weight is 328 g/mol. The Morgan fingerprint density at radius 1 is 1.46 bits per heavy atom. The summed E-state index contributed by atoms with van der Waals surface area (Å²) in [5.74, 6) is 2.30. The Hall–Kier alpha value is -1.88. The standard InChI is InChI=1S/C19H28N4O/c1-13(2)11-23-7-6-16(12-23)10-20-19(24)9-15-4-5-17-18(8-15)22-14(3)21-17/h4-5,8,13,16H,6-7,9-12H2,1-3H3,(H,20,24)(H,21,22)/t16-/m0/s1. The fourth-order valence-corrected chi connectivity index (χ4v) is 3.56. The molecule has 2 aromatic rings. The normalized spacial score (nSPS) is 18.6. The first kappa shape index (κ1) is 17.0. The number of aromatic amines is 1. The van der Waals surface area contributed by atoms with Gasteiger partial charge in [0.15, 0.2) is 0 Å². The summed E-state index contributed by atoms with van der Waals surface area (Å²) in [5, 5.41) is 3.11. The van der Waals surface area contributed by atoms with Gasteiger partial charge in [-0.3, -0.25) is 4.79 Å². The second-order valence-corrected chi connectivity index (χ2v) is 7.46. The van der Waals surface area contributed by atoms with Crippen LogP contribution < -0.4 is 5.32 Å². The van der Waals surface area contributed by atoms with Crippen molar-refractivity contribution in [3.8, 4) is 0 Å². The second-order valence-electron chi connectivity index (χ2n) is 7.46. The van der Waals surface area contributed by atoms with Crippen molar-refractivity contribution < 1.29 is 4.79 Å². The smallest absolute Gasteiger partial charge is 0.224 e. The molecule has 0 spiro atoms. The molecule has 1 aliphatic rings. The number of fused-ring (bicyclic) bond motifs is 1. The molecule has 0 aliphatic carbocycles. The van der Waals surface area contributed by atoms with E-state index in [1.165, 1.54) is 6.42 Å². The minimum absolute atomic E-state index is 0.105. The minimum Gasteiger partial charge on any atom is -0.355 e. The molecule has 2 heterocycles. The number of nitrogens with one attached hydrogen (secondary N) is 2. The van der Waals surface area contributed by atoms with Crippen LogP contribution in [-0.2, 0) is 11.2 Å². The van der Waals surface area contributed by atoms with Gasteiger partial charge >= 0.3 is 0 Å². The number of carbonyl (C=O) groups excluding carboxylic acids is 1. The first-order valence-corrected chi connectivity index (χ1v) is 8.94. The van der Waals surface area contributed by atoms with Crippen LogP contribution in [0.4, 0.5) is 0 Å². The van der Waals surface area contributed by atoms with Crippen LogP contribution in [0.5, 0.6) is 0 Å². The predicted octanol–water partition coefficient (Wildman–Crippen LogP) is 2.51.